The Bertz CT molecular complexity index is 464. The van der Waals surface area contributed by atoms with Crippen LogP contribution in [0, 0.1) is 0 Å². The number of furan rings is 1. The van der Waals surface area contributed by atoms with E-state index < -0.39 is 0 Å². The molecular formula is C13H14BrNO. The maximum absolute atomic E-state index is 5.77. The summed E-state index contributed by atoms with van der Waals surface area (Å²) in [6, 6.07) is 12.1. The lowest BCUT2D eigenvalue weighted by Crippen LogP contribution is -1.99. The van der Waals surface area contributed by atoms with Crippen molar-refractivity contribution in [2.24, 2.45) is 5.73 Å². The first-order valence-corrected chi connectivity index (χ1v) is 6.14. The average molecular weight is 280 g/mol. The van der Waals surface area contributed by atoms with Gasteiger partial charge in [-0.15, -0.1) is 0 Å². The van der Waals surface area contributed by atoms with Crippen LogP contribution in [0.2, 0.25) is 0 Å². The van der Waals surface area contributed by atoms with E-state index in [1.54, 1.807) is 0 Å². The molecule has 1 aromatic carbocycles. The van der Waals surface area contributed by atoms with Gasteiger partial charge in [0.25, 0.3) is 0 Å². The van der Waals surface area contributed by atoms with Gasteiger partial charge in [0.1, 0.15) is 11.5 Å². The Morgan fingerprint density at radius 3 is 2.69 bits per heavy atom. The summed E-state index contributed by atoms with van der Waals surface area (Å²) in [6.07, 6.45) is 1.86. The Kier molecular flexibility index (Phi) is 3.80. The number of nitrogens with two attached hydrogens (primary N) is 1. The minimum absolute atomic E-state index is 0.699. The zero-order valence-electron chi connectivity index (χ0n) is 8.95. The molecule has 16 heavy (non-hydrogen) atoms. The second kappa shape index (κ2) is 5.32. The highest BCUT2D eigenvalue weighted by Crippen LogP contribution is 2.29. The number of halogens is 1. The van der Waals surface area contributed by atoms with Gasteiger partial charge in [-0.05, 0) is 31.2 Å². The third-order valence-electron chi connectivity index (χ3n) is 2.43. The number of aryl methyl sites for hydroxylation is 1. The molecule has 2 aromatic rings. The zero-order valence-corrected chi connectivity index (χ0v) is 10.5. The summed E-state index contributed by atoms with van der Waals surface area (Å²) in [5, 5.41) is 0. The summed E-state index contributed by atoms with van der Waals surface area (Å²) < 4.78 is 6.82. The van der Waals surface area contributed by atoms with Gasteiger partial charge < -0.3 is 10.2 Å². The van der Waals surface area contributed by atoms with E-state index in [0.717, 1.165) is 34.4 Å². The van der Waals surface area contributed by atoms with Crippen LogP contribution in [0.4, 0.5) is 0 Å². The lowest BCUT2D eigenvalue weighted by molar-refractivity contribution is 0.515. The molecule has 2 nitrogen and oxygen atoms in total. The molecule has 0 bridgehead atoms. The van der Waals surface area contributed by atoms with Gasteiger partial charge in [-0.25, -0.2) is 0 Å². The van der Waals surface area contributed by atoms with Gasteiger partial charge in [-0.2, -0.15) is 0 Å². The molecule has 2 N–H and O–H groups in total. The Labute approximate surface area is 104 Å². The fourth-order valence-corrected chi connectivity index (χ4v) is 2.07. The molecular weight excluding hydrogens is 266 g/mol. The molecule has 1 heterocycles. The number of hydrogen-bond acceptors (Lipinski definition) is 2. The van der Waals surface area contributed by atoms with E-state index in [2.05, 4.69) is 15.9 Å². The number of benzene rings is 1. The van der Waals surface area contributed by atoms with Crippen molar-refractivity contribution >= 4 is 15.9 Å². The molecule has 0 amide bonds. The summed E-state index contributed by atoms with van der Waals surface area (Å²) in [5.74, 6) is 1.90. The lowest BCUT2D eigenvalue weighted by Gasteiger charge is -2.00. The molecule has 0 saturated carbocycles. The van der Waals surface area contributed by atoms with Crippen molar-refractivity contribution in [1.29, 1.82) is 0 Å². The Balaban J connectivity index is 2.22. The molecule has 0 spiro atoms. The first-order chi connectivity index (χ1) is 7.81. The fourth-order valence-electron chi connectivity index (χ4n) is 1.59. The standard InChI is InChI=1S/C13H14BrNO/c14-12-6-2-1-5-11(12)13-8-7-10(16-13)4-3-9-15/h1-2,5-8H,3-4,9,15H2. The van der Waals surface area contributed by atoms with Crippen LogP contribution in [0.15, 0.2) is 45.3 Å². The molecule has 2 rings (SSSR count). The summed E-state index contributed by atoms with van der Waals surface area (Å²) >= 11 is 3.51. The van der Waals surface area contributed by atoms with Crippen molar-refractivity contribution in [2.45, 2.75) is 12.8 Å². The van der Waals surface area contributed by atoms with Crippen LogP contribution in [0.5, 0.6) is 0 Å². The first kappa shape index (κ1) is 11.4. The Hall–Kier alpha value is -1.06. The maximum Gasteiger partial charge on any atom is 0.135 e. The van der Waals surface area contributed by atoms with Gasteiger partial charge in [0.15, 0.2) is 0 Å². The first-order valence-electron chi connectivity index (χ1n) is 5.35. The van der Waals surface area contributed by atoms with Crippen LogP contribution in [0.25, 0.3) is 11.3 Å². The molecule has 0 fully saturated rings. The van der Waals surface area contributed by atoms with E-state index in [0.29, 0.717) is 6.54 Å². The number of rotatable bonds is 4. The van der Waals surface area contributed by atoms with Crippen LogP contribution in [-0.4, -0.2) is 6.54 Å². The van der Waals surface area contributed by atoms with Crippen molar-refractivity contribution in [3.63, 3.8) is 0 Å². The van der Waals surface area contributed by atoms with Crippen LogP contribution in [0.1, 0.15) is 12.2 Å². The van der Waals surface area contributed by atoms with Crippen LogP contribution < -0.4 is 5.73 Å². The lowest BCUT2D eigenvalue weighted by atomic mass is 10.2. The fraction of sp³-hybridized carbons (Fsp3) is 0.231. The highest BCUT2D eigenvalue weighted by atomic mass is 79.9. The van der Waals surface area contributed by atoms with E-state index >= 15 is 0 Å². The van der Waals surface area contributed by atoms with Gasteiger partial charge in [-0.1, -0.05) is 34.1 Å². The van der Waals surface area contributed by atoms with E-state index in [4.69, 9.17) is 10.2 Å². The van der Waals surface area contributed by atoms with Crippen molar-refractivity contribution in [2.75, 3.05) is 6.54 Å². The second-order valence-corrected chi connectivity index (χ2v) is 4.49. The highest BCUT2D eigenvalue weighted by molar-refractivity contribution is 9.10. The summed E-state index contributed by atoms with van der Waals surface area (Å²) in [6.45, 7) is 0.699. The van der Waals surface area contributed by atoms with Gasteiger partial charge in [-0.3, -0.25) is 0 Å². The van der Waals surface area contributed by atoms with Crippen LogP contribution in [0.3, 0.4) is 0 Å². The summed E-state index contributed by atoms with van der Waals surface area (Å²) in [5.41, 5.74) is 6.55. The maximum atomic E-state index is 5.77. The topological polar surface area (TPSA) is 39.2 Å². The predicted molar refractivity (Wildman–Crippen MR) is 69.2 cm³/mol. The van der Waals surface area contributed by atoms with Gasteiger partial charge in [0.2, 0.25) is 0 Å². The van der Waals surface area contributed by atoms with Gasteiger partial charge in [0.05, 0.1) is 0 Å². The smallest absolute Gasteiger partial charge is 0.135 e. The summed E-state index contributed by atoms with van der Waals surface area (Å²) in [4.78, 5) is 0. The third kappa shape index (κ3) is 2.54. The molecule has 1 aromatic heterocycles. The highest BCUT2D eigenvalue weighted by Gasteiger charge is 2.07. The van der Waals surface area contributed by atoms with Crippen LogP contribution in [-0.2, 0) is 6.42 Å². The largest absolute Gasteiger partial charge is 0.461 e. The minimum atomic E-state index is 0.699. The Morgan fingerprint density at radius 1 is 1.12 bits per heavy atom. The summed E-state index contributed by atoms with van der Waals surface area (Å²) in [7, 11) is 0. The van der Waals surface area contributed by atoms with Crippen molar-refractivity contribution in [3.8, 4) is 11.3 Å². The zero-order chi connectivity index (χ0) is 11.4. The van der Waals surface area contributed by atoms with Crippen molar-refractivity contribution in [1.82, 2.24) is 0 Å². The normalized spacial score (nSPS) is 10.6. The average Bonchev–Trinajstić information content (AvgIpc) is 2.75. The molecule has 3 heteroatoms. The Morgan fingerprint density at radius 2 is 1.94 bits per heavy atom. The second-order valence-electron chi connectivity index (χ2n) is 3.64. The quantitative estimate of drug-likeness (QED) is 0.929. The molecule has 84 valence electrons. The predicted octanol–water partition coefficient (Wildman–Crippen LogP) is 3.60. The van der Waals surface area contributed by atoms with Crippen LogP contribution >= 0.6 is 15.9 Å². The molecule has 0 aliphatic heterocycles. The molecule has 0 atom stereocenters. The van der Waals surface area contributed by atoms with Gasteiger partial charge >= 0.3 is 0 Å². The third-order valence-corrected chi connectivity index (χ3v) is 3.12. The SMILES string of the molecule is NCCCc1ccc(-c2ccccc2Br)o1. The van der Waals surface area contributed by atoms with Crippen molar-refractivity contribution < 1.29 is 4.42 Å². The molecule has 0 aliphatic rings. The molecule has 0 saturated heterocycles. The van der Waals surface area contributed by atoms with E-state index in [1.807, 2.05) is 36.4 Å². The molecule has 0 unspecified atom stereocenters. The molecule has 0 radical (unpaired) electrons. The van der Waals surface area contributed by atoms with Gasteiger partial charge in [0, 0.05) is 16.5 Å². The number of hydrogen-bond donors (Lipinski definition) is 1. The van der Waals surface area contributed by atoms with E-state index in [-0.39, 0.29) is 0 Å². The minimum Gasteiger partial charge on any atom is -0.461 e. The van der Waals surface area contributed by atoms with E-state index in [1.165, 1.54) is 0 Å². The molecule has 0 aliphatic carbocycles. The van der Waals surface area contributed by atoms with E-state index in [9.17, 15) is 0 Å². The monoisotopic (exact) mass is 279 g/mol. The van der Waals surface area contributed by atoms with Crippen molar-refractivity contribution in [3.05, 3.63) is 46.6 Å².